The zero-order valence-corrected chi connectivity index (χ0v) is 10.2. The molecule has 0 radical (unpaired) electrons. The fraction of sp³-hybridized carbons (Fsp3) is 1.00. The highest BCUT2D eigenvalue weighted by atomic mass is 32.2. The molecule has 0 bridgehead atoms. The second-order valence-corrected chi connectivity index (χ2v) is 6.51. The molecule has 0 rings (SSSR count). The minimum atomic E-state index is -2.78. The maximum Gasteiger partial charge on any atom is 0.148 e. The monoisotopic (exact) mass is 225 g/mol. The molecule has 0 aliphatic carbocycles. The van der Waals surface area contributed by atoms with Crippen molar-refractivity contribution in [3.8, 4) is 0 Å². The summed E-state index contributed by atoms with van der Waals surface area (Å²) in [6.45, 7) is 2.12. The maximum atomic E-state index is 10.8. The summed E-state index contributed by atoms with van der Waals surface area (Å²) in [6.07, 6.45) is 2.37. The van der Waals surface area contributed by atoms with E-state index in [0.29, 0.717) is 11.8 Å². The van der Waals surface area contributed by atoms with Crippen molar-refractivity contribution in [3.05, 3.63) is 0 Å². The van der Waals surface area contributed by atoms with Crippen LogP contribution in [0.4, 0.5) is 0 Å². The van der Waals surface area contributed by atoms with Crippen molar-refractivity contribution in [2.75, 3.05) is 30.6 Å². The van der Waals surface area contributed by atoms with E-state index in [1.165, 1.54) is 6.26 Å². The van der Waals surface area contributed by atoms with Crippen LogP contribution in [-0.2, 0) is 9.84 Å². The van der Waals surface area contributed by atoms with Crippen molar-refractivity contribution >= 4 is 21.6 Å². The highest BCUT2D eigenvalue weighted by molar-refractivity contribution is 8.00. The molecule has 0 aromatic carbocycles. The molecule has 0 aromatic rings. The summed E-state index contributed by atoms with van der Waals surface area (Å²) in [4.78, 5) is 0. The molecular weight excluding hydrogens is 206 g/mol. The molecule has 0 spiro atoms. The fourth-order valence-electron chi connectivity index (χ4n) is 0.841. The lowest BCUT2D eigenvalue weighted by molar-refractivity contribution is 0.600. The Bertz CT molecular complexity index is 210. The largest absolute Gasteiger partial charge is 0.316 e. The van der Waals surface area contributed by atoms with Crippen molar-refractivity contribution in [1.82, 2.24) is 5.32 Å². The van der Waals surface area contributed by atoms with Gasteiger partial charge in [0, 0.05) is 23.8 Å². The number of rotatable bonds is 7. The van der Waals surface area contributed by atoms with Gasteiger partial charge in [-0.15, -0.1) is 0 Å². The van der Waals surface area contributed by atoms with Crippen LogP contribution in [0.3, 0.4) is 0 Å². The van der Waals surface area contributed by atoms with E-state index in [9.17, 15) is 8.42 Å². The molecule has 1 N–H and O–H groups in total. The molecule has 0 saturated heterocycles. The molecule has 5 heteroatoms. The van der Waals surface area contributed by atoms with Crippen LogP contribution in [0.15, 0.2) is 0 Å². The molecule has 0 heterocycles. The van der Waals surface area contributed by atoms with Gasteiger partial charge in [-0.2, -0.15) is 11.8 Å². The molecule has 1 atom stereocenters. The van der Waals surface area contributed by atoms with Gasteiger partial charge in [0.2, 0.25) is 0 Å². The number of thioether (sulfide) groups is 1. The van der Waals surface area contributed by atoms with Crippen molar-refractivity contribution in [1.29, 1.82) is 0 Å². The number of sulfone groups is 1. The van der Waals surface area contributed by atoms with Crippen LogP contribution in [0, 0.1) is 0 Å². The van der Waals surface area contributed by atoms with Crippen LogP contribution in [0.5, 0.6) is 0 Å². The van der Waals surface area contributed by atoms with Gasteiger partial charge in [0.1, 0.15) is 9.84 Å². The summed E-state index contributed by atoms with van der Waals surface area (Å²) in [6, 6.07) is 0.504. The first kappa shape index (κ1) is 13.3. The highest BCUT2D eigenvalue weighted by Crippen LogP contribution is 2.05. The van der Waals surface area contributed by atoms with Gasteiger partial charge < -0.3 is 5.32 Å². The van der Waals surface area contributed by atoms with Crippen LogP contribution in [0.1, 0.15) is 13.3 Å². The van der Waals surface area contributed by atoms with Gasteiger partial charge >= 0.3 is 0 Å². The molecule has 0 aromatic heterocycles. The molecule has 0 saturated carbocycles. The van der Waals surface area contributed by atoms with Gasteiger partial charge in [-0.1, -0.05) is 6.92 Å². The van der Waals surface area contributed by atoms with Crippen molar-refractivity contribution < 1.29 is 8.42 Å². The van der Waals surface area contributed by atoms with Crippen LogP contribution in [-0.4, -0.2) is 45.0 Å². The number of hydrogen-bond acceptors (Lipinski definition) is 4. The standard InChI is InChI=1S/C8H19NO2S2/c1-4-8(9-2)7-12-5-6-13(3,10)11/h8-9H,4-7H2,1-3H3. The SMILES string of the molecule is CCC(CSCCS(C)(=O)=O)NC. The fourth-order valence-corrected chi connectivity index (χ4v) is 3.38. The van der Waals surface area contributed by atoms with Gasteiger partial charge in [-0.3, -0.25) is 0 Å². The van der Waals surface area contributed by atoms with Gasteiger partial charge in [0.05, 0.1) is 5.75 Å². The first-order valence-corrected chi connectivity index (χ1v) is 7.64. The quantitative estimate of drug-likeness (QED) is 0.650. The maximum absolute atomic E-state index is 10.8. The van der Waals surface area contributed by atoms with E-state index in [1.807, 2.05) is 7.05 Å². The molecule has 80 valence electrons. The molecule has 0 fully saturated rings. The predicted octanol–water partition coefficient (Wildman–Crippen LogP) is 0.762. The van der Waals surface area contributed by atoms with Crippen molar-refractivity contribution in [3.63, 3.8) is 0 Å². The Morgan fingerprint density at radius 1 is 1.46 bits per heavy atom. The van der Waals surface area contributed by atoms with E-state index in [-0.39, 0.29) is 5.75 Å². The van der Waals surface area contributed by atoms with Gasteiger partial charge in [-0.05, 0) is 13.5 Å². The Balaban J connectivity index is 3.45. The minimum absolute atomic E-state index is 0.289. The Morgan fingerprint density at radius 3 is 2.46 bits per heavy atom. The topological polar surface area (TPSA) is 46.2 Å². The van der Waals surface area contributed by atoms with Crippen LogP contribution in [0.25, 0.3) is 0 Å². The van der Waals surface area contributed by atoms with E-state index in [4.69, 9.17) is 0 Å². The predicted molar refractivity (Wildman–Crippen MR) is 60.2 cm³/mol. The summed E-state index contributed by atoms with van der Waals surface area (Å²) >= 11 is 1.70. The average Bonchev–Trinajstić information content (AvgIpc) is 2.03. The van der Waals surface area contributed by atoms with Crippen LogP contribution >= 0.6 is 11.8 Å². The first-order chi connectivity index (χ1) is 5.99. The lowest BCUT2D eigenvalue weighted by Gasteiger charge is -2.12. The smallest absolute Gasteiger partial charge is 0.148 e. The molecule has 0 amide bonds. The lowest BCUT2D eigenvalue weighted by atomic mass is 10.3. The molecule has 0 aliphatic rings. The van der Waals surface area contributed by atoms with E-state index >= 15 is 0 Å². The minimum Gasteiger partial charge on any atom is -0.316 e. The molecule has 1 unspecified atom stereocenters. The Morgan fingerprint density at radius 2 is 2.08 bits per heavy atom. The number of hydrogen-bond donors (Lipinski definition) is 1. The first-order valence-electron chi connectivity index (χ1n) is 4.42. The molecular formula is C8H19NO2S2. The second kappa shape index (κ2) is 6.68. The van der Waals surface area contributed by atoms with Gasteiger partial charge in [-0.25, -0.2) is 8.42 Å². The molecule has 13 heavy (non-hydrogen) atoms. The molecule has 3 nitrogen and oxygen atoms in total. The Labute approximate surface area is 85.6 Å². The number of nitrogens with one attached hydrogen (secondary N) is 1. The summed E-state index contributed by atoms with van der Waals surface area (Å²) in [5, 5.41) is 3.18. The third-order valence-electron chi connectivity index (χ3n) is 1.82. The second-order valence-electron chi connectivity index (χ2n) is 3.10. The van der Waals surface area contributed by atoms with Gasteiger partial charge in [0.25, 0.3) is 0 Å². The Hall–Kier alpha value is 0.260. The zero-order valence-electron chi connectivity index (χ0n) is 8.54. The van der Waals surface area contributed by atoms with E-state index in [0.717, 1.165) is 12.2 Å². The summed E-state index contributed by atoms with van der Waals surface area (Å²) in [5.41, 5.74) is 0. The normalized spacial score (nSPS) is 14.4. The summed E-state index contributed by atoms with van der Waals surface area (Å²) < 4.78 is 21.6. The van der Waals surface area contributed by atoms with Crippen LogP contribution in [0.2, 0.25) is 0 Å². The molecule has 0 aliphatic heterocycles. The Kier molecular flexibility index (Phi) is 6.81. The van der Waals surface area contributed by atoms with E-state index in [2.05, 4.69) is 12.2 Å². The summed E-state index contributed by atoms with van der Waals surface area (Å²) in [7, 11) is -0.841. The van der Waals surface area contributed by atoms with Crippen molar-refractivity contribution in [2.45, 2.75) is 19.4 Å². The summed E-state index contributed by atoms with van der Waals surface area (Å²) in [5.74, 6) is 1.98. The van der Waals surface area contributed by atoms with E-state index in [1.54, 1.807) is 11.8 Å². The van der Waals surface area contributed by atoms with Gasteiger partial charge in [0.15, 0.2) is 0 Å². The third kappa shape index (κ3) is 8.59. The lowest BCUT2D eigenvalue weighted by Crippen LogP contribution is -2.27. The van der Waals surface area contributed by atoms with Crippen LogP contribution < -0.4 is 5.32 Å². The average molecular weight is 225 g/mol. The highest BCUT2D eigenvalue weighted by Gasteiger charge is 2.05. The van der Waals surface area contributed by atoms with E-state index < -0.39 is 9.84 Å². The van der Waals surface area contributed by atoms with Crippen molar-refractivity contribution in [2.24, 2.45) is 0 Å². The zero-order chi connectivity index (χ0) is 10.3. The third-order valence-corrected chi connectivity index (χ3v) is 4.15.